The molecule has 2 fully saturated rings. The summed E-state index contributed by atoms with van der Waals surface area (Å²) >= 11 is 0. The van der Waals surface area contributed by atoms with Gasteiger partial charge < -0.3 is 26.0 Å². The zero-order chi connectivity index (χ0) is 21.0. The van der Waals surface area contributed by atoms with Crippen LogP contribution in [-0.4, -0.2) is 50.7 Å². The molecule has 4 N–H and O–H groups in total. The number of carbonyl (C=O) groups excluding carboxylic acids is 2. The zero-order valence-corrected chi connectivity index (χ0v) is 15.9. The molecule has 1 aliphatic heterocycles. The minimum atomic E-state index is -4.70. The van der Waals surface area contributed by atoms with E-state index >= 15 is 0 Å². The fourth-order valence-corrected chi connectivity index (χ4v) is 3.34. The fourth-order valence-electron chi connectivity index (χ4n) is 3.34. The smallest absolute Gasteiger partial charge is 0.370 e. The van der Waals surface area contributed by atoms with Crippen LogP contribution in [0.1, 0.15) is 24.8 Å². The van der Waals surface area contributed by atoms with E-state index in [4.69, 9.17) is 10.5 Å². The van der Waals surface area contributed by atoms with Gasteiger partial charge in [-0.05, 0) is 43.5 Å². The molecule has 29 heavy (non-hydrogen) atoms. The number of benzene rings is 1. The molecule has 0 aromatic heterocycles. The Morgan fingerprint density at radius 3 is 2.69 bits per heavy atom. The molecule has 2 aliphatic rings. The molecule has 0 unspecified atom stereocenters. The number of anilines is 2. The highest BCUT2D eigenvalue weighted by molar-refractivity contribution is 5.97. The van der Waals surface area contributed by atoms with E-state index in [1.807, 2.05) is 0 Å². The first kappa shape index (κ1) is 21.5. The van der Waals surface area contributed by atoms with Gasteiger partial charge in [0.15, 0.2) is 0 Å². The van der Waals surface area contributed by atoms with E-state index in [0.29, 0.717) is 12.5 Å². The molecule has 3 rings (SSSR count). The van der Waals surface area contributed by atoms with E-state index < -0.39 is 29.6 Å². The van der Waals surface area contributed by atoms with Gasteiger partial charge in [0.25, 0.3) is 5.91 Å². The number of nitrogens with two attached hydrogens (primary N) is 1. The molecule has 0 bridgehead atoms. The third kappa shape index (κ3) is 5.26. The van der Waals surface area contributed by atoms with Crippen molar-refractivity contribution in [2.45, 2.75) is 31.5 Å². The van der Waals surface area contributed by atoms with Crippen molar-refractivity contribution in [1.29, 1.82) is 0 Å². The predicted octanol–water partition coefficient (Wildman–Crippen LogP) is 1.72. The minimum Gasteiger partial charge on any atom is -0.370 e. The second-order valence-corrected chi connectivity index (χ2v) is 7.31. The Bertz CT molecular complexity index is 753. The monoisotopic (exact) mass is 414 g/mol. The van der Waals surface area contributed by atoms with Gasteiger partial charge in [0, 0.05) is 18.8 Å². The van der Waals surface area contributed by atoms with Crippen molar-refractivity contribution in [3.8, 4) is 0 Å². The van der Waals surface area contributed by atoms with Crippen LogP contribution in [0, 0.1) is 5.92 Å². The highest BCUT2D eigenvalue weighted by Crippen LogP contribution is 2.37. The minimum absolute atomic E-state index is 0.0275. The Balaban J connectivity index is 1.76. The summed E-state index contributed by atoms with van der Waals surface area (Å²) in [6.45, 7) is 0.822. The number of rotatable bonds is 7. The zero-order valence-electron chi connectivity index (χ0n) is 15.9. The van der Waals surface area contributed by atoms with E-state index in [-0.39, 0.29) is 37.7 Å². The van der Waals surface area contributed by atoms with E-state index in [0.717, 1.165) is 31.4 Å². The van der Waals surface area contributed by atoms with E-state index in [2.05, 4.69) is 10.6 Å². The summed E-state index contributed by atoms with van der Waals surface area (Å²) in [6, 6.07) is 2.64. The number of morpholine rings is 1. The Labute approximate surface area is 166 Å². The third-order valence-electron chi connectivity index (χ3n) is 5.29. The van der Waals surface area contributed by atoms with Crippen LogP contribution in [-0.2, 0) is 20.5 Å². The lowest BCUT2D eigenvalue weighted by Crippen LogP contribution is -2.48. The van der Waals surface area contributed by atoms with Gasteiger partial charge in [-0.25, -0.2) is 0 Å². The van der Waals surface area contributed by atoms with Gasteiger partial charge in [-0.1, -0.05) is 6.42 Å². The first-order valence-corrected chi connectivity index (χ1v) is 9.63. The highest BCUT2D eigenvalue weighted by atomic mass is 19.4. The standard InChI is InChI=1S/C19H25F3N4O3/c20-19(21,22)14-8-13(26-6-7-29-11-17(26)27)4-5-15(14)25-18(28)16(9-23)24-10-12-2-1-3-12/h4-5,8,12,16,24H,1-3,6-7,9-11,23H2,(H,25,28)/t16-/m0/s1. The van der Waals surface area contributed by atoms with Crippen molar-refractivity contribution in [1.82, 2.24) is 5.32 Å². The van der Waals surface area contributed by atoms with E-state index in [1.165, 1.54) is 11.0 Å². The predicted molar refractivity (Wildman–Crippen MR) is 101 cm³/mol. The molecular formula is C19H25F3N4O3. The maximum absolute atomic E-state index is 13.6. The van der Waals surface area contributed by atoms with Gasteiger partial charge in [0.2, 0.25) is 5.91 Å². The molecule has 1 saturated heterocycles. The van der Waals surface area contributed by atoms with Gasteiger partial charge in [0.1, 0.15) is 6.61 Å². The Morgan fingerprint density at radius 2 is 2.10 bits per heavy atom. The summed E-state index contributed by atoms with van der Waals surface area (Å²) in [5, 5.41) is 5.37. The van der Waals surface area contributed by atoms with Crippen molar-refractivity contribution in [2.75, 3.05) is 43.1 Å². The lowest BCUT2D eigenvalue weighted by molar-refractivity contribution is -0.137. The maximum Gasteiger partial charge on any atom is 0.418 e. The van der Waals surface area contributed by atoms with Crippen LogP contribution in [0.4, 0.5) is 24.5 Å². The Kier molecular flexibility index (Phi) is 6.76. The van der Waals surface area contributed by atoms with Crippen LogP contribution in [0.15, 0.2) is 18.2 Å². The topological polar surface area (TPSA) is 96.7 Å². The van der Waals surface area contributed by atoms with Gasteiger partial charge >= 0.3 is 6.18 Å². The first-order valence-electron chi connectivity index (χ1n) is 9.63. The number of hydrogen-bond donors (Lipinski definition) is 3. The average molecular weight is 414 g/mol. The second kappa shape index (κ2) is 9.10. The molecular weight excluding hydrogens is 389 g/mol. The lowest BCUT2D eigenvalue weighted by Gasteiger charge is -2.29. The average Bonchev–Trinajstić information content (AvgIpc) is 2.63. The molecule has 0 spiro atoms. The van der Waals surface area contributed by atoms with Gasteiger partial charge in [-0.15, -0.1) is 0 Å². The summed E-state index contributed by atoms with van der Waals surface area (Å²) in [5.74, 6) is -0.551. The molecule has 1 heterocycles. The van der Waals surface area contributed by atoms with Crippen LogP contribution in [0.3, 0.4) is 0 Å². The molecule has 1 aromatic carbocycles. The van der Waals surface area contributed by atoms with Crippen molar-refractivity contribution in [3.05, 3.63) is 23.8 Å². The summed E-state index contributed by atoms with van der Waals surface area (Å²) in [5.41, 5.74) is 4.36. The number of carbonyl (C=O) groups is 2. The number of nitrogens with one attached hydrogen (secondary N) is 2. The van der Waals surface area contributed by atoms with Gasteiger partial charge in [0.05, 0.1) is 23.9 Å². The molecule has 10 heteroatoms. The molecule has 2 amide bonds. The van der Waals surface area contributed by atoms with Crippen LogP contribution in [0.2, 0.25) is 0 Å². The number of nitrogens with zero attached hydrogens (tertiary/aromatic N) is 1. The van der Waals surface area contributed by atoms with E-state index in [1.54, 1.807) is 0 Å². The number of amides is 2. The number of halogens is 3. The van der Waals surface area contributed by atoms with Crippen LogP contribution < -0.4 is 21.3 Å². The Hall–Kier alpha value is -2.17. The summed E-state index contributed by atoms with van der Waals surface area (Å²) in [7, 11) is 0. The molecule has 1 atom stereocenters. The van der Waals surface area contributed by atoms with Crippen LogP contribution in [0.25, 0.3) is 0 Å². The Morgan fingerprint density at radius 1 is 1.34 bits per heavy atom. The summed E-state index contributed by atoms with van der Waals surface area (Å²) in [6.07, 6.45) is -1.40. The number of hydrogen-bond acceptors (Lipinski definition) is 5. The molecule has 7 nitrogen and oxygen atoms in total. The quantitative estimate of drug-likeness (QED) is 0.632. The number of ether oxygens (including phenoxy) is 1. The highest BCUT2D eigenvalue weighted by Gasteiger charge is 2.36. The second-order valence-electron chi connectivity index (χ2n) is 7.31. The molecule has 1 saturated carbocycles. The first-order chi connectivity index (χ1) is 13.8. The molecule has 1 aromatic rings. The molecule has 1 aliphatic carbocycles. The van der Waals surface area contributed by atoms with Crippen molar-refractivity contribution >= 4 is 23.2 Å². The SMILES string of the molecule is NC[C@H](NCC1CCC1)C(=O)Nc1ccc(N2CCOCC2=O)cc1C(F)(F)F. The van der Waals surface area contributed by atoms with Crippen molar-refractivity contribution in [2.24, 2.45) is 11.7 Å². The summed E-state index contributed by atoms with van der Waals surface area (Å²) in [4.78, 5) is 25.7. The van der Waals surface area contributed by atoms with Crippen LogP contribution >= 0.6 is 0 Å². The summed E-state index contributed by atoms with van der Waals surface area (Å²) < 4.78 is 45.8. The number of alkyl halides is 3. The largest absolute Gasteiger partial charge is 0.418 e. The third-order valence-corrected chi connectivity index (χ3v) is 5.29. The van der Waals surface area contributed by atoms with Gasteiger partial charge in [-0.3, -0.25) is 9.59 Å². The lowest BCUT2D eigenvalue weighted by atomic mass is 9.85. The molecule has 160 valence electrons. The van der Waals surface area contributed by atoms with Crippen molar-refractivity contribution < 1.29 is 27.5 Å². The molecule has 0 radical (unpaired) electrons. The fraction of sp³-hybridized carbons (Fsp3) is 0.579. The maximum atomic E-state index is 13.6. The normalized spacial score (nSPS) is 19.0. The van der Waals surface area contributed by atoms with Gasteiger partial charge in [-0.2, -0.15) is 13.2 Å². The van der Waals surface area contributed by atoms with Crippen molar-refractivity contribution in [3.63, 3.8) is 0 Å². The van der Waals surface area contributed by atoms with E-state index in [9.17, 15) is 22.8 Å². The van der Waals surface area contributed by atoms with Crippen LogP contribution in [0.5, 0.6) is 0 Å².